The Bertz CT molecular complexity index is 533. The lowest BCUT2D eigenvalue weighted by Crippen LogP contribution is -2.41. The van der Waals surface area contributed by atoms with Crippen LogP contribution in [0.5, 0.6) is 0 Å². The Morgan fingerprint density at radius 3 is 2.68 bits per heavy atom. The van der Waals surface area contributed by atoms with Crippen LogP contribution in [0.1, 0.15) is 12.8 Å². The Hall–Kier alpha value is 0.440. The monoisotopic (exact) mass is 364 g/mol. The standard InChI is InChI=1S/C10H14Cl2N2O2S2.ClH/c11-9-4-8(10(12)17-9)18(15,16)14-3-1-2-7(5-13)6-14;/h4,7H,1-3,5-6,13H2;1H. The number of hydrogen-bond acceptors (Lipinski definition) is 4. The molecular formula is C10H15Cl3N2O2S2. The molecule has 0 amide bonds. The van der Waals surface area contributed by atoms with Crippen LogP contribution in [0.4, 0.5) is 0 Å². The Morgan fingerprint density at radius 1 is 1.47 bits per heavy atom. The van der Waals surface area contributed by atoms with E-state index in [0.717, 1.165) is 24.2 Å². The Balaban J connectivity index is 0.00000180. The van der Waals surface area contributed by atoms with Crippen LogP contribution in [0, 0.1) is 5.92 Å². The number of piperidine rings is 1. The van der Waals surface area contributed by atoms with Crippen molar-refractivity contribution in [3.05, 3.63) is 14.7 Å². The van der Waals surface area contributed by atoms with Crippen molar-refractivity contribution >= 4 is 57.0 Å². The maximum Gasteiger partial charge on any atom is 0.245 e. The zero-order valence-electron chi connectivity index (χ0n) is 10.0. The predicted octanol–water partition coefficient (Wildman–Crippen LogP) is 2.84. The first-order valence-electron chi connectivity index (χ1n) is 5.60. The van der Waals surface area contributed by atoms with Gasteiger partial charge in [-0.05, 0) is 31.4 Å². The molecule has 2 N–H and O–H groups in total. The summed E-state index contributed by atoms with van der Waals surface area (Å²) in [5, 5.41) is 0. The summed E-state index contributed by atoms with van der Waals surface area (Å²) in [6, 6.07) is 1.41. The van der Waals surface area contributed by atoms with Crippen molar-refractivity contribution in [2.45, 2.75) is 17.7 Å². The van der Waals surface area contributed by atoms with Crippen LogP contribution in [0.25, 0.3) is 0 Å². The fraction of sp³-hybridized carbons (Fsp3) is 0.600. The van der Waals surface area contributed by atoms with E-state index in [1.165, 1.54) is 10.4 Å². The highest BCUT2D eigenvalue weighted by Crippen LogP contribution is 2.36. The molecule has 1 fully saturated rings. The van der Waals surface area contributed by atoms with Crippen molar-refractivity contribution in [3.63, 3.8) is 0 Å². The normalized spacial score (nSPS) is 21.1. The van der Waals surface area contributed by atoms with Gasteiger partial charge in [-0.2, -0.15) is 4.31 Å². The van der Waals surface area contributed by atoms with Crippen molar-refractivity contribution in [2.24, 2.45) is 11.7 Å². The first kappa shape index (κ1) is 17.5. The second-order valence-electron chi connectivity index (χ2n) is 4.30. The van der Waals surface area contributed by atoms with Crippen LogP contribution in [0.3, 0.4) is 0 Å². The third-order valence-corrected chi connectivity index (χ3v) is 6.68. The van der Waals surface area contributed by atoms with Crippen LogP contribution in [-0.2, 0) is 10.0 Å². The van der Waals surface area contributed by atoms with Gasteiger partial charge in [0, 0.05) is 13.1 Å². The van der Waals surface area contributed by atoms with Gasteiger partial charge in [-0.15, -0.1) is 23.7 Å². The summed E-state index contributed by atoms with van der Waals surface area (Å²) < 4.78 is 26.9. The molecule has 0 saturated carbocycles. The molecule has 2 rings (SSSR count). The third-order valence-electron chi connectivity index (χ3n) is 3.06. The smallest absolute Gasteiger partial charge is 0.245 e. The molecule has 0 bridgehead atoms. The summed E-state index contributed by atoms with van der Waals surface area (Å²) >= 11 is 12.8. The topological polar surface area (TPSA) is 63.4 Å². The molecule has 1 aromatic rings. The highest BCUT2D eigenvalue weighted by Gasteiger charge is 2.32. The van der Waals surface area contributed by atoms with E-state index in [1.54, 1.807) is 0 Å². The van der Waals surface area contributed by atoms with Crippen molar-refractivity contribution in [2.75, 3.05) is 19.6 Å². The lowest BCUT2D eigenvalue weighted by molar-refractivity contribution is 0.271. The first-order chi connectivity index (χ1) is 8.45. The van der Waals surface area contributed by atoms with E-state index in [9.17, 15) is 8.42 Å². The van der Waals surface area contributed by atoms with Crippen LogP contribution in [0.15, 0.2) is 11.0 Å². The summed E-state index contributed by atoms with van der Waals surface area (Å²) in [5.74, 6) is 0.224. The molecule has 9 heteroatoms. The van der Waals surface area contributed by atoms with Crippen LogP contribution >= 0.6 is 46.9 Å². The third kappa shape index (κ3) is 3.75. The van der Waals surface area contributed by atoms with E-state index in [2.05, 4.69) is 0 Å². The summed E-state index contributed by atoms with van der Waals surface area (Å²) in [6.45, 7) is 1.48. The molecule has 1 aliphatic rings. The fourth-order valence-corrected chi connectivity index (χ4v) is 5.75. The molecule has 4 nitrogen and oxygen atoms in total. The van der Waals surface area contributed by atoms with Crippen molar-refractivity contribution in [1.82, 2.24) is 4.31 Å². The average Bonchev–Trinajstić information content (AvgIpc) is 2.69. The number of hydrogen-bond donors (Lipinski definition) is 1. The lowest BCUT2D eigenvalue weighted by Gasteiger charge is -2.31. The Labute approximate surface area is 133 Å². The van der Waals surface area contributed by atoms with Gasteiger partial charge in [-0.3, -0.25) is 0 Å². The Kier molecular flexibility index (Phi) is 6.38. The maximum atomic E-state index is 12.4. The highest BCUT2D eigenvalue weighted by atomic mass is 35.5. The molecule has 19 heavy (non-hydrogen) atoms. The van der Waals surface area contributed by atoms with Crippen LogP contribution in [-0.4, -0.2) is 32.4 Å². The van der Waals surface area contributed by atoms with E-state index in [-0.39, 0.29) is 27.6 Å². The molecule has 1 saturated heterocycles. The molecule has 0 aromatic carbocycles. The van der Waals surface area contributed by atoms with Gasteiger partial charge in [0.25, 0.3) is 0 Å². The Morgan fingerprint density at radius 2 is 2.16 bits per heavy atom. The second-order valence-corrected chi connectivity index (χ2v) is 8.49. The fourth-order valence-electron chi connectivity index (χ4n) is 2.08. The van der Waals surface area contributed by atoms with E-state index in [0.29, 0.717) is 24.0 Å². The van der Waals surface area contributed by atoms with Crippen molar-refractivity contribution < 1.29 is 8.42 Å². The number of thiophene rings is 1. The molecule has 1 unspecified atom stereocenters. The molecule has 1 aliphatic heterocycles. The second kappa shape index (κ2) is 6.93. The number of sulfonamides is 1. The molecule has 110 valence electrons. The largest absolute Gasteiger partial charge is 0.330 e. The minimum Gasteiger partial charge on any atom is -0.330 e. The number of halogens is 3. The number of rotatable bonds is 3. The lowest BCUT2D eigenvalue weighted by atomic mass is 10.0. The van der Waals surface area contributed by atoms with Gasteiger partial charge in [0.2, 0.25) is 10.0 Å². The summed E-state index contributed by atoms with van der Waals surface area (Å²) in [5.41, 5.74) is 5.61. The van der Waals surface area contributed by atoms with E-state index in [1.807, 2.05) is 0 Å². The SMILES string of the molecule is Cl.NCC1CCCN(S(=O)(=O)c2cc(Cl)sc2Cl)C1. The molecule has 0 radical (unpaired) electrons. The molecular weight excluding hydrogens is 351 g/mol. The highest BCUT2D eigenvalue weighted by molar-refractivity contribution is 7.89. The van der Waals surface area contributed by atoms with Crippen molar-refractivity contribution in [3.8, 4) is 0 Å². The first-order valence-corrected chi connectivity index (χ1v) is 8.61. The van der Waals surface area contributed by atoms with Gasteiger partial charge in [0.1, 0.15) is 9.23 Å². The minimum atomic E-state index is -3.54. The quantitative estimate of drug-likeness (QED) is 0.896. The average molecular weight is 366 g/mol. The zero-order chi connectivity index (χ0) is 13.3. The van der Waals surface area contributed by atoms with Gasteiger partial charge >= 0.3 is 0 Å². The maximum absolute atomic E-state index is 12.4. The molecule has 0 aliphatic carbocycles. The van der Waals surface area contributed by atoms with Gasteiger partial charge in [-0.25, -0.2) is 8.42 Å². The van der Waals surface area contributed by atoms with Gasteiger partial charge < -0.3 is 5.73 Å². The summed E-state index contributed by atoms with van der Waals surface area (Å²) in [6.07, 6.45) is 1.80. The zero-order valence-corrected chi connectivity index (χ0v) is 14.0. The summed E-state index contributed by atoms with van der Waals surface area (Å²) in [4.78, 5) is 0.108. The number of nitrogens with zero attached hydrogens (tertiary/aromatic N) is 1. The van der Waals surface area contributed by atoms with E-state index < -0.39 is 10.0 Å². The minimum absolute atomic E-state index is 0. The van der Waals surface area contributed by atoms with Gasteiger partial charge in [-0.1, -0.05) is 23.2 Å². The summed E-state index contributed by atoms with van der Waals surface area (Å²) in [7, 11) is -3.54. The predicted molar refractivity (Wildman–Crippen MR) is 82.1 cm³/mol. The van der Waals surface area contributed by atoms with E-state index in [4.69, 9.17) is 28.9 Å². The van der Waals surface area contributed by atoms with Crippen LogP contribution in [0.2, 0.25) is 8.67 Å². The molecule has 2 heterocycles. The van der Waals surface area contributed by atoms with Crippen molar-refractivity contribution in [1.29, 1.82) is 0 Å². The van der Waals surface area contributed by atoms with Gasteiger partial charge in [0.05, 0.1) is 4.34 Å². The van der Waals surface area contributed by atoms with E-state index >= 15 is 0 Å². The molecule has 1 aromatic heterocycles. The van der Waals surface area contributed by atoms with Gasteiger partial charge in [0.15, 0.2) is 0 Å². The van der Waals surface area contributed by atoms with Crippen LogP contribution < -0.4 is 5.73 Å². The molecule has 1 atom stereocenters. The number of nitrogens with two attached hydrogens (primary N) is 1. The molecule has 0 spiro atoms.